The summed E-state index contributed by atoms with van der Waals surface area (Å²) < 4.78 is 0. The van der Waals surface area contributed by atoms with Crippen LogP contribution in [0, 0.1) is 13.8 Å². The average molecular weight is 270 g/mol. The molecule has 0 saturated carbocycles. The van der Waals surface area contributed by atoms with Gasteiger partial charge in [-0.3, -0.25) is 0 Å². The van der Waals surface area contributed by atoms with Crippen LogP contribution in [0.2, 0.25) is 0 Å². The molecule has 0 unspecified atom stereocenters. The van der Waals surface area contributed by atoms with Crippen molar-refractivity contribution in [2.24, 2.45) is 5.84 Å². The van der Waals surface area contributed by atoms with Crippen LogP contribution in [0.1, 0.15) is 37.6 Å². The summed E-state index contributed by atoms with van der Waals surface area (Å²) in [5.41, 5.74) is 7.02. The molecule has 0 saturated heterocycles. The first-order valence-electron chi connectivity index (χ1n) is 6.75. The normalized spacial score (nSPS) is 11.5. The van der Waals surface area contributed by atoms with E-state index in [-0.39, 0.29) is 5.41 Å². The van der Waals surface area contributed by atoms with Crippen molar-refractivity contribution in [2.45, 2.75) is 40.0 Å². The van der Waals surface area contributed by atoms with Gasteiger partial charge in [0, 0.05) is 17.0 Å². The third kappa shape index (κ3) is 2.80. The zero-order chi connectivity index (χ0) is 14.9. The zero-order valence-electron chi connectivity index (χ0n) is 12.8. The van der Waals surface area contributed by atoms with Crippen molar-refractivity contribution in [3.63, 3.8) is 0 Å². The standard InChI is InChI=1S/C16H22N4/c1-10-7-6-8-12(11(10)2)15-18-13(16(3,4)5)9-14(19-15)20-17/h6-9H,17H2,1-5H3,(H,18,19,20). The molecule has 4 heteroatoms. The molecule has 3 N–H and O–H groups in total. The van der Waals surface area contributed by atoms with E-state index < -0.39 is 0 Å². The molecule has 4 nitrogen and oxygen atoms in total. The first-order chi connectivity index (χ1) is 9.32. The predicted molar refractivity (Wildman–Crippen MR) is 83.5 cm³/mol. The molecule has 1 heterocycles. The molecule has 0 aliphatic heterocycles. The van der Waals surface area contributed by atoms with Crippen molar-refractivity contribution in [2.75, 3.05) is 5.43 Å². The van der Waals surface area contributed by atoms with Crippen molar-refractivity contribution in [1.29, 1.82) is 0 Å². The van der Waals surface area contributed by atoms with Gasteiger partial charge in [0.1, 0.15) is 5.82 Å². The van der Waals surface area contributed by atoms with Crippen LogP contribution in [0.5, 0.6) is 0 Å². The third-order valence-corrected chi connectivity index (χ3v) is 3.49. The first kappa shape index (κ1) is 14.5. The molecule has 0 fully saturated rings. The van der Waals surface area contributed by atoms with E-state index in [0.717, 1.165) is 11.3 Å². The van der Waals surface area contributed by atoms with Gasteiger partial charge in [0.05, 0.1) is 5.69 Å². The second-order valence-corrected chi connectivity index (χ2v) is 6.10. The second kappa shape index (κ2) is 5.21. The molecular formula is C16H22N4. The number of nitrogens with two attached hydrogens (primary N) is 1. The fraction of sp³-hybridized carbons (Fsp3) is 0.375. The van der Waals surface area contributed by atoms with E-state index in [1.807, 2.05) is 18.2 Å². The van der Waals surface area contributed by atoms with Crippen LogP contribution in [0.4, 0.5) is 5.82 Å². The lowest BCUT2D eigenvalue weighted by atomic mass is 9.91. The average Bonchev–Trinajstić information content (AvgIpc) is 2.40. The Balaban J connectivity index is 2.65. The molecule has 1 aromatic carbocycles. The number of hydrazine groups is 1. The predicted octanol–water partition coefficient (Wildman–Crippen LogP) is 3.34. The number of benzene rings is 1. The SMILES string of the molecule is Cc1cccc(-c2nc(NN)cc(C(C)(C)C)n2)c1C. The number of nitrogens with zero attached hydrogens (tertiary/aromatic N) is 2. The molecule has 0 radical (unpaired) electrons. The number of nitrogen functional groups attached to an aromatic ring is 1. The summed E-state index contributed by atoms with van der Waals surface area (Å²) >= 11 is 0. The minimum atomic E-state index is -0.0545. The van der Waals surface area contributed by atoms with Gasteiger partial charge in [-0.1, -0.05) is 39.0 Å². The van der Waals surface area contributed by atoms with Crippen LogP contribution in [-0.2, 0) is 5.41 Å². The van der Waals surface area contributed by atoms with Crippen LogP contribution >= 0.6 is 0 Å². The highest BCUT2D eigenvalue weighted by atomic mass is 15.3. The monoisotopic (exact) mass is 270 g/mol. The largest absolute Gasteiger partial charge is 0.308 e. The second-order valence-electron chi connectivity index (χ2n) is 6.10. The van der Waals surface area contributed by atoms with Gasteiger partial charge in [-0.25, -0.2) is 15.8 Å². The van der Waals surface area contributed by atoms with E-state index in [1.165, 1.54) is 11.1 Å². The topological polar surface area (TPSA) is 63.8 Å². The van der Waals surface area contributed by atoms with Gasteiger partial charge in [-0.05, 0) is 25.0 Å². The molecule has 0 amide bonds. The van der Waals surface area contributed by atoms with Gasteiger partial charge in [-0.2, -0.15) is 0 Å². The molecule has 1 aromatic heterocycles. The Labute approximate surface area is 120 Å². The van der Waals surface area contributed by atoms with Crippen molar-refractivity contribution in [1.82, 2.24) is 9.97 Å². The van der Waals surface area contributed by atoms with Crippen LogP contribution < -0.4 is 11.3 Å². The fourth-order valence-electron chi connectivity index (χ4n) is 2.02. The van der Waals surface area contributed by atoms with Crippen LogP contribution in [0.15, 0.2) is 24.3 Å². The van der Waals surface area contributed by atoms with Gasteiger partial charge in [0.15, 0.2) is 5.82 Å². The minimum absolute atomic E-state index is 0.0545. The Morgan fingerprint density at radius 2 is 1.80 bits per heavy atom. The van der Waals surface area contributed by atoms with Gasteiger partial charge >= 0.3 is 0 Å². The molecule has 0 spiro atoms. The van der Waals surface area contributed by atoms with Gasteiger partial charge in [0.25, 0.3) is 0 Å². The van der Waals surface area contributed by atoms with E-state index in [9.17, 15) is 0 Å². The molecule has 0 aliphatic carbocycles. The Bertz CT molecular complexity index is 627. The highest BCUT2D eigenvalue weighted by molar-refractivity contribution is 5.63. The number of aryl methyl sites for hydroxylation is 1. The van der Waals surface area contributed by atoms with E-state index in [4.69, 9.17) is 10.8 Å². The maximum atomic E-state index is 5.54. The fourth-order valence-corrected chi connectivity index (χ4v) is 2.02. The summed E-state index contributed by atoms with van der Waals surface area (Å²) in [5.74, 6) is 6.89. The molecule has 0 aliphatic rings. The number of aromatic nitrogens is 2. The van der Waals surface area contributed by atoms with Crippen molar-refractivity contribution >= 4 is 5.82 Å². The van der Waals surface area contributed by atoms with Crippen LogP contribution in [-0.4, -0.2) is 9.97 Å². The van der Waals surface area contributed by atoms with Crippen molar-refractivity contribution in [3.8, 4) is 11.4 Å². The van der Waals surface area contributed by atoms with E-state index in [0.29, 0.717) is 11.6 Å². The number of anilines is 1. The molecule has 2 rings (SSSR count). The quantitative estimate of drug-likeness (QED) is 0.649. The Morgan fingerprint density at radius 3 is 2.40 bits per heavy atom. The molecule has 106 valence electrons. The number of hydrogen-bond donors (Lipinski definition) is 2. The minimum Gasteiger partial charge on any atom is -0.308 e. The van der Waals surface area contributed by atoms with Crippen LogP contribution in [0.3, 0.4) is 0 Å². The van der Waals surface area contributed by atoms with Crippen molar-refractivity contribution < 1.29 is 0 Å². The first-order valence-corrected chi connectivity index (χ1v) is 6.75. The number of rotatable bonds is 2. The molecular weight excluding hydrogens is 248 g/mol. The lowest BCUT2D eigenvalue weighted by Gasteiger charge is -2.20. The lowest BCUT2D eigenvalue weighted by molar-refractivity contribution is 0.568. The molecule has 2 aromatic rings. The smallest absolute Gasteiger partial charge is 0.162 e. The molecule has 20 heavy (non-hydrogen) atoms. The Hall–Kier alpha value is -1.94. The maximum absolute atomic E-state index is 5.54. The van der Waals surface area contributed by atoms with Crippen LogP contribution in [0.25, 0.3) is 11.4 Å². The summed E-state index contributed by atoms with van der Waals surface area (Å²) in [6.07, 6.45) is 0. The van der Waals surface area contributed by atoms with Gasteiger partial charge in [0.2, 0.25) is 0 Å². The summed E-state index contributed by atoms with van der Waals surface area (Å²) in [5, 5.41) is 0. The number of nitrogens with one attached hydrogen (secondary N) is 1. The van der Waals surface area contributed by atoms with Crippen molar-refractivity contribution in [3.05, 3.63) is 41.1 Å². The maximum Gasteiger partial charge on any atom is 0.162 e. The van der Waals surface area contributed by atoms with E-state index in [2.05, 4.69) is 51.1 Å². The Kier molecular flexibility index (Phi) is 3.77. The lowest BCUT2D eigenvalue weighted by Crippen LogP contribution is -2.17. The van der Waals surface area contributed by atoms with Gasteiger partial charge in [-0.15, -0.1) is 0 Å². The number of hydrogen-bond acceptors (Lipinski definition) is 4. The molecule has 0 atom stereocenters. The zero-order valence-corrected chi connectivity index (χ0v) is 12.8. The summed E-state index contributed by atoms with van der Waals surface area (Å²) in [6.45, 7) is 10.6. The summed E-state index contributed by atoms with van der Waals surface area (Å²) in [6, 6.07) is 8.06. The van der Waals surface area contributed by atoms with E-state index in [1.54, 1.807) is 0 Å². The highest BCUT2D eigenvalue weighted by Gasteiger charge is 2.19. The third-order valence-electron chi connectivity index (χ3n) is 3.49. The molecule has 0 bridgehead atoms. The Morgan fingerprint density at radius 1 is 1.10 bits per heavy atom. The highest BCUT2D eigenvalue weighted by Crippen LogP contribution is 2.27. The van der Waals surface area contributed by atoms with E-state index >= 15 is 0 Å². The summed E-state index contributed by atoms with van der Waals surface area (Å²) in [4.78, 5) is 9.21. The summed E-state index contributed by atoms with van der Waals surface area (Å²) in [7, 11) is 0. The van der Waals surface area contributed by atoms with Gasteiger partial charge < -0.3 is 5.43 Å².